The number of hydrazone groups is 1. The molecule has 7 heteroatoms. The van der Waals surface area contributed by atoms with Crippen LogP contribution < -0.4 is 5.43 Å². The first-order valence-corrected chi connectivity index (χ1v) is 6.63. The number of hydrogen-bond donors (Lipinski definition) is 1. The maximum atomic E-state index is 6.01. The number of halogens is 4. The Hall–Kier alpha value is -1.00. The van der Waals surface area contributed by atoms with Gasteiger partial charge in [0.15, 0.2) is 0 Å². The van der Waals surface area contributed by atoms with Crippen molar-refractivity contribution in [3.63, 3.8) is 0 Å². The van der Waals surface area contributed by atoms with E-state index in [1.807, 2.05) is 0 Å². The number of benzene rings is 1. The van der Waals surface area contributed by atoms with Gasteiger partial charge in [-0.1, -0.05) is 52.5 Å². The van der Waals surface area contributed by atoms with Crippen LogP contribution in [0.15, 0.2) is 35.7 Å². The maximum absolute atomic E-state index is 6.01. The quantitative estimate of drug-likeness (QED) is 0.623. The van der Waals surface area contributed by atoms with E-state index >= 15 is 0 Å². The summed E-state index contributed by atoms with van der Waals surface area (Å²) in [6.45, 7) is 0. The van der Waals surface area contributed by atoms with Crippen molar-refractivity contribution in [3.05, 3.63) is 56.2 Å². The van der Waals surface area contributed by atoms with Crippen LogP contribution in [-0.2, 0) is 0 Å². The van der Waals surface area contributed by atoms with Gasteiger partial charge in [-0.05, 0) is 12.1 Å². The fourth-order valence-corrected chi connectivity index (χ4v) is 2.26. The molecule has 0 aliphatic rings. The van der Waals surface area contributed by atoms with Gasteiger partial charge in [0.25, 0.3) is 0 Å². The third-order valence-electron chi connectivity index (χ3n) is 2.22. The number of nitrogens with zero attached hydrogens (tertiary/aromatic N) is 2. The van der Waals surface area contributed by atoms with E-state index < -0.39 is 0 Å². The molecule has 0 radical (unpaired) electrons. The first-order chi connectivity index (χ1) is 9.09. The van der Waals surface area contributed by atoms with Gasteiger partial charge in [-0.15, -0.1) is 0 Å². The lowest BCUT2D eigenvalue weighted by atomic mass is 10.2. The third-order valence-corrected chi connectivity index (χ3v) is 3.46. The molecule has 0 amide bonds. The molecule has 1 aromatic carbocycles. The van der Waals surface area contributed by atoms with Crippen molar-refractivity contribution in [3.8, 4) is 0 Å². The van der Waals surface area contributed by atoms with E-state index in [9.17, 15) is 0 Å². The van der Waals surface area contributed by atoms with Gasteiger partial charge in [0, 0.05) is 18.0 Å². The van der Waals surface area contributed by atoms with Gasteiger partial charge in [-0.3, -0.25) is 10.4 Å². The van der Waals surface area contributed by atoms with E-state index in [0.717, 1.165) is 0 Å². The Kier molecular flexibility index (Phi) is 4.88. The predicted molar refractivity (Wildman–Crippen MR) is 81.9 cm³/mol. The molecule has 0 aliphatic heterocycles. The molecule has 0 fully saturated rings. The lowest BCUT2D eigenvalue weighted by Crippen LogP contribution is -1.94. The Labute approximate surface area is 130 Å². The van der Waals surface area contributed by atoms with Crippen LogP contribution in [0.4, 0.5) is 5.69 Å². The summed E-state index contributed by atoms with van der Waals surface area (Å²) in [5.74, 6) is 0. The van der Waals surface area contributed by atoms with E-state index in [1.54, 1.807) is 18.2 Å². The molecule has 2 aromatic rings. The van der Waals surface area contributed by atoms with Crippen LogP contribution in [0.1, 0.15) is 5.56 Å². The molecule has 0 aliphatic carbocycles. The molecule has 0 saturated carbocycles. The van der Waals surface area contributed by atoms with Crippen LogP contribution in [0, 0.1) is 0 Å². The molecule has 98 valence electrons. The van der Waals surface area contributed by atoms with Crippen LogP contribution in [0.5, 0.6) is 0 Å². The van der Waals surface area contributed by atoms with E-state index in [4.69, 9.17) is 46.4 Å². The molecule has 1 N–H and O–H groups in total. The molecular weight excluding hydrogens is 328 g/mol. The van der Waals surface area contributed by atoms with Crippen molar-refractivity contribution in [2.24, 2.45) is 5.10 Å². The fourth-order valence-electron chi connectivity index (χ4n) is 1.31. The van der Waals surface area contributed by atoms with Gasteiger partial charge in [0.1, 0.15) is 0 Å². The highest BCUT2D eigenvalue weighted by atomic mass is 35.5. The zero-order valence-corrected chi connectivity index (χ0v) is 12.4. The Morgan fingerprint density at radius 2 is 1.53 bits per heavy atom. The second-order valence-electron chi connectivity index (χ2n) is 3.48. The SMILES string of the molecule is Clc1cccc(Cl)c1/C=N/Nc1c(Cl)cncc1Cl. The van der Waals surface area contributed by atoms with E-state index in [0.29, 0.717) is 31.3 Å². The summed E-state index contributed by atoms with van der Waals surface area (Å²) in [5, 5.41) is 5.76. The van der Waals surface area contributed by atoms with E-state index in [2.05, 4.69) is 15.5 Å². The lowest BCUT2D eigenvalue weighted by Gasteiger charge is -2.05. The van der Waals surface area contributed by atoms with Crippen molar-refractivity contribution in [2.75, 3.05) is 5.43 Å². The number of rotatable bonds is 3. The maximum Gasteiger partial charge on any atom is 0.0965 e. The van der Waals surface area contributed by atoms with Crippen molar-refractivity contribution in [1.29, 1.82) is 0 Å². The summed E-state index contributed by atoms with van der Waals surface area (Å²) < 4.78 is 0. The number of nitrogens with one attached hydrogen (secondary N) is 1. The summed E-state index contributed by atoms with van der Waals surface area (Å²) in [6, 6.07) is 5.20. The molecule has 0 spiro atoms. The van der Waals surface area contributed by atoms with E-state index in [-0.39, 0.29) is 0 Å². The lowest BCUT2D eigenvalue weighted by molar-refractivity contribution is 1.28. The molecule has 2 rings (SSSR count). The fraction of sp³-hybridized carbons (Fsp3) is 0. The second-order valence-corrected chi connectivity index (χ2v) is 5.11. The molecule has 3 nitrogen and oxygen atoms in total. The molecule has 1 aromatic heterocycles. The number of aromatic nitrogens is 1. The first kappa shape index (κ1) is 14.4. The second kappa shape index (κ2) is 6.44. The number of anilines is 1. The predicted octanol–water partition coefficient (Wildman–Crippen LogP) is 5.14. The van der Waals surface area contributed by atoms with Gasteiger partial charge < -0.3 is 0 Å². The van der Waals surface area contributed by atoms with Crippen LogP contribution in [0.25, 0.3) is 0 Å². The summed E-state index contributed by atoms with van der Waals surface area (Å²) in [6.07, 6.45) is 4.43. The molecule has 19 heavy (non-hydrogen) atoms. The van der Waals surface area contributed by atoms with Crippen molar-refractivity contribution < 1.29 is 0 Å². The highest BCUT2D eigenvalue weighted by Gasteiger charge is 2.05. The largest absolute Gasteiger partial charge is 0.275 e. The number of hydrogen-bond acceptors (Lipinski definition) is 3. The molecule has 0 unspecified atom stereocenters. The van der Waals surface area contributed by atoms with Gasteiger partial charge in [-0.25, -0.2) is 0 Å². The van der Waals surface area contributed by atoms with Crippen LogP contribution >= 0.6 is 46.4 Å². The monoisotopic (exact) mass is 333 g/mol. The summed E-state index contributed by atoms with van der Waals surface area (Å²) in [7, 11) is 0. The van der Waals surface area contributed by atoms with Crippen LogP contribution in [-0.4, -0.2) is 11.2 Å². The summed E-state index contributed by atoms with van der Waals surface area (Å²) in [5.41, 5.74) is 3.81. The third kappa shape index (κ3) is 3.51. The molecule has 0 saturated heterocycles. The van der Waals surface area contributed by atoms with Gasteiger partial charge in [-0.2, -0.15) is 5.10 Å². The normalized spacial score (nSPS) is 10.9. The van der Waals surface area contributed by atoms with Gasteiger partial charge in [0.2, 0.25) is 0 Å². The van der Waals surface area contributed by atoms with Crippen molar-refractivity contribution in [1.82, 2.24) is 4.98 Å². The summed E-state index contributed by atoms with van der Waals surface area (Å²) in [4.78, 5) is 3.84. The highest BCUT2D eigenvalue weighted by Crippen LogP contribution is 2.28. The van der Waals surface area contributed by atoms with Crippen LogP contribution in [0.2, 0.25) is 20.1 Å². The molecule has 1 heterocycles. The molecule has 0 bridgehead atoms. The highest BCUT2D eigenvalue weighted by molar-refractivity contribution is 6.39. The topological polar surface area (TPSA) is 37.3 Å². The zero-order valence-electron chi connectivity index (χ0n) is 9.37. The van der Waals surface area contributed by atoms with Crippen molar-refractivity contribution in [2.45, 2.75) is 0 Å². The minimum Gasteiger partial charge on any atom is -0.275 e. The minimum atomic E-state index is 0.370. The Morgan fingerprint density at radius 1 is 0.947 bits per heavy atom. The van der Waals surface area contributed by atoms with E-state index in [1.165, 1.54) is 18.6 Å². The Bertz CT molecular complexity index is 588. The molecular formula is C12H7Cl4N3. The minimum absolute atomic E-state index is 0.370. The van der Waals surface area contributed by atoms with Gasteiger partial charge in [0.05, 0.1) is 32.0 Å². The number of pyridine rings is 1. The summed E-state index contributed by atoms with van der Waals surface area (Å²) >= 11 is 23.9. The first-order valence-electron chi connectivity index (χ1n) is 5.11. The molecule has 0 atom stereocenters. The average molecular weight is 335 g/mol. The Balaban J connectivity index is 2.21. The zero-order chi connectivity index (χ0) is 13.8. The average Bonchev–Trinajstić information content (AvgIpc) is 2.36. The standard InChI is InChI=1S/C12H7Cl4N3/c13-8-2-1-3-9(14)7(8)4-18-19-12-10(15)5-17-6-11(12)16/h1-6H,(H,17,19)/b18-4+. The van der Waals surface area contributed by atoms with Crippen molar-refractivity contribution >= 4 is 58.3 Å². The van der Waals surface area contributed by atoms with Crippen LogP contribution in [0.3, 0.4) is 0 Å². The van der Waals surface area contributed by atoms with Gasteiger partial charge >= 0.3 is 0 Å². The Morgan fingerprint density at radius 3 is 2.11 bits per heavy atom. The smallest absolute Gasteiger partial charge is 0.0965 e.